The summed E-state index contributed by atoms with van der Waals surface area (Å²) in [4.78, 5) is 59.7. The zero-order valence-electron chi connectivity index (χ0n) is 77.9. The normalized spacial score (nSPS) is 11.7. The Hall–Kier alpha value is -20.2. The maximum Gasteiger partial charge on any atom is 0.235 e. The van der Waals surface area contributed by atoms with Crippen LogP contribution < -0.4 is 0 Å². The van der Waals surface area contributed by atoms with E-state index in [0.29, 0.717) is 58.4 Å². The number of fused-ring (bicyclic) bond motifs is 9. The van der Waals surface area contributed by atoms with Crippen LogP contribution >= 0.6 is 0 Å². The van der Waals surface area contributed by atoms with Gasteiger partial charge in [0.2, 0.25) is 5.95 Å². The number of benzene rings is 19. The molecule has 18 nitrogen and oxygen atoms in total. The summed E-state index contributed by atoms with van der Waals surface area (Å²) in [6, 6.07) is 157. The molecule has 146 heavy (non-hydrogen) atoms. The Balaban J connectivity index is 0.000000107. The van der Waals surface area contributed by atoms with Crippen LogP contribution in [0.25, 0.3) is 284 Å². The highest BCUT2D eigenvalue weighted by atomic mass is 16.3. The second kappa shape index (κ2) is 35.0. The predicted octanol–water partition coefficient (Wildman–Crippen LogP) is 31.8. The molecule has 0 saturated carbocycles. The third-order valence-electron chi connectivity index (χ3n) is 27.4. The van der Waals surface area contributed by atoms with Crippen molar-refractivity contribution in [3.05, 3.63) is 467 Å². The predicted molar refractivity (Wildman–Crippen MR) is 587 cm³/mol. The largest absolute Gasteiger partial charge is 0.456 e. The summed E-state index contributed by atoms with van der Waals surface area (Å²) in [5.74, 6) is 6.94. The van der Waals surface area contributed by atoms with Gasteiger partial charge < -0.3 is 17.8 Å². The fourth-order valence-electron chi connectivity index (χ4n) is 20.8. The molecular formula is C128H77N15O3. The van der Waals surface area contributed by atoms with Crippen LogP contribution in [0.2, 0.25) is 0 Å². The van der Waals surface area contributed by atoms with Crippen LogP contribution in [0.15, 0.2) is 480 Å². The van der Waals surface area contributed by atoms with Crippen molar-refractivity contribution < 1.29 is 13.3 Å². The van der Waals surface area contributed by atoms with Crippen molar-refractivity contribution >= 4 is 153 Å². The lowest BCUT2D eigenvalue weighted by Crippen LogP contribution is -2.03. The van der Waals surface area contributed by atoms with E-state index in [0.717, 1.165) is 204 Å². The van der Waals surface area contributed by atoms with E-state index in [1.165, 1.54) is 21.5 Å². The molecule has 30 aromatic rings. The Morgan fingerprint density at radius 2 is 0.486 bits per heavy atom. The van der Waals surface area contributed by atoms with Crippen molar-refractivity contribution in [1.29, 1.82) is 0 Å². The van der Waals surface area contributed by atoms with Crippen LogP contribution in [0.1, 0.15) is 0 Å². The average Bonchev–Trinajstić information content (AvgIpc) is 1.56. The summed E-state index contributed by atoms with van der Waals surface area (Å²) in [5, 5.41) is 16.7. The van der Waals surface area contributed by atoms with Gasteiger partial charge in [-0.1, -0.05) is 340 Å². The Kier molecular flexibility index (Phi) is 20.1. The highest BCUT2D eigenvalue weighted by molar-refractivity contribution is 6.31. The lowest BCUT2D eigenvalue weighted by Gasteiger charge is -2.13. The summed E-state index contributed by atoms with van der Waals surface area (Å²) < 4.78 is 26.5. The van der Waals surface area contributed by atoms with E-state index in [-0.39, 0.29) is 0 Å². The monoisotopic (exact) mass is 1870 g/mol. The van der Waals surface area contributed by atoms with E-state index in [2.05, 4.69) is 202 Å². The molecule has 30 rings (SSSR count). The number of para-hydroxylation sites is 3. The van der Waals surface area contributed by atoms with Crippen molar-refractivity contribution in [1.82, 2.24) is 73.5 Å². The molecule has 11 aromatic heterocycles. The van der Waals surface area contributed by atoms with Crippen LogP contribution in [0, 0.1) is 0 Å². The quantitative estimate of drug-likeness (QED) is 0.105. The van der Waals surface area contributed by atoms with Crippen LogP contribution in [0.4, 0.5) is 0 Å². The molecule has 0 unspecified atom stereocenters. The summed E-state index contributed by atoms with van der Waals surface area (Å²) in [6.45, 7) is 0. The van der Waals surface area contributed by atoms with Crippen molar-refractivity contribution in [3.63, 3.8) is 0 Å². The van der Waals surface area contributed by atoms with Crippen LogP contribution in [0.5, 0.6) is 0 Å². The van der Waals surface area contributed by atoms with Gasteiger partial charge in [-0.05, 0) is 148 Å². The molecule has 0 N–H and O–H groups in total. The molecule has 0 aliphatic rings. The molecule has 19 aromatic carbocycles. The van der Waals surface area contributed by atoms with Gasteiger partial charge in [-0.25, -0.2) is 59.8 Å². The number of pyridine rings is 1. The van der Waals surface area contributed by atoms with Gasteiger partial charge in [0.05, 0.1) is 60.5 Å². The molecule has 0 amide bonds. The van der Waals surface area contributed by atoms with E-state index in [4.69, 9.17) is 73.1 Å². The highest BCUT2D eigenvalue weighted by Gasteiger charge is 2.28. The molecule has 0 radical (unpaired) electrons. The zero-order chi connectivity index (χ0) is 96.2. The minimum atomic E-state index is 0.572. The maximum atomic E-state index is 6.71. The molecule has 0 spiro atoms. The number of rotatable bonds is 13. The van der Waals surface area contributed by atoms with E-state index in [1.54, 1.807) is 0 Å². The first-order chi connectivity index (χ1) is 72.4. The summed E-state index contributed by atoms with van der Waals surface area (Å²) in [7, 11) is 0. The van der Waals surface area contributed by atoms with Crippen molar-refractivity contribution in [2.45, 2.75) is 0 Å². The minimum Gasteiger partial charge on any atom is -0.456 e. The molecule has 0 atom stereocenters. The fourth-order valence-corrected chi connectivity index (χ4v) is 20.8. The number of nitrogens with zero attached hydrogens (tertiary/aromatic N) is 15. The first-order valence-corrected chi connectivity index (χ1v) is 48.4. The molecular weight excluding hydrogens is 1800 g/mol. The van der Waals surface area contributed by atoms with E-state index >= 15 is 0 Å². The SMILES string of the molecule is c1ccc(-c2nc(-c3ccccc3)nc(-c3ccc(-n4c5cccc6oc7ccc8ccccc8c7c7cccc4c7c65)cc3)n2)cc1.c1ccc(-c2nc(-c3ccccc3)nc(-c3ccc(-n4c5cccc6oc7ccccc7c7cccc4c7c65)nc3)n2)cc1.c1ccc(-c2nc(-c3ccccc3)nc(-c3cccc(-c4nc(-n5c6cccc7oc8ccccc8c8cccc5c8c76)nc5ccccc45)c3)n2)cc1. The second-order valence-electron chi connectivity index (χ2n) is 36.1. The third-order valence-corrected chi connectivity index (χ3v) is 27.4. The molecule has 682 valence electrons. The van der Waals surface area contributed by atoms with Gasteiger partial charge in [0.25, 0.3) is 0 Å². The van der Waals surface area contributed by atoms with E-state index in [1.807, 2.05) is 279 Å². The Labute approximate surface area is 832 Å². The van der Waals surface area contributed by atoms with Gasteiger partial charge >= 0.3 is 0 Å². The van der Waals surface area contributed by atoms with Gasteiger partial charge in [0.15, 0.2) is 52.4 Å². The summed E-state index contributed by atoms with van der Waals surface area (Å²) in [6.07, 6.45) is 1.84. The summed E-state index contributed by atoms with van der Waals surface area (Å²) >= 11 is 0. The molecule has 0 aliphatic carbocycles. The number of hydrogen-bond donors (Lipinski definition) is 0. The number of aromatic nitrogens is 15. The van der Waals surface area contributed by atoms with E-state index < -0.39 is 0 Å². The Bertz CT molecular complexity index is 10200. The first kappa shape index (κ1) is 83.9. The van der Waals surface area contributed by atoms with Crippen LogP contribution in [0.3, 0.4) is 0 Å². The third kappa shape index (κ3) is 14.5. The highest BCUT2D eigenvalue weighted by Crippen LogP contribution is 2.48. The molecule has 0 fully saturated rings. The summed E-state index contributed by atoms with van der Waals surface area (Å²) in [5.41, 5.74) is 23.2. The first-order valence-electron chi connectivity index (χ1n) is 48.4. The maximum absolute atomic E-state index is 6.71. The molecule has 0 aliphatic heterocycles. The standard InChI is InChI=1S/C47H28N6O.C43H26N4O.C38H23N5O/c1-3-14-29(15-4-1)44-50-45(30-16-5-2-6-17-30)52-46(51-44)32-19-11-18-31(28-32)43-35-21-7-9-23-36(35)48-47(49-43)53-37-24-12-22-34-33-20-8-10-26-39(33)54-40-27-13-25-38(53)42(40)41(34)37;1-3-12-28(13-4-1)41-44-42(29-14-5-2-6-15-29)46-43(45-41)30-21-24-31(25-22-30)47-34-18-9-17-33-38-32-16-8-7-11-27(32)23-26-37(38)48-36-20-10-19-35(47)40(36)39(33)34;1-3-11-24(12-4-1)36-40-37(25-13-5-2-6-14-25)42-38(41-36)26-21-22-33(39-23-26)43-29-17-9-16-28-27-15-7-8-19-31(27)44-32-20-10-18-30(43)35(32)34(28)29/h1-28H;1-26H;1-23H. The topological polar surface area (TPSA) is 209 Å². The van der Waals surface area contributed by atoms with Crippen LogP contribution in [-0.4, -0.2) is 73.5 Å². The van der Waals surface area contributed by atoms with Gasteiger partial charge in [-0.3, -0.25) is 9.13 Å². The Morgan fingerprint density at radius 1 is 0.171 bits per heavy atom. The van der Waals surface area contributed by atoms with Crippen molar-refractivity contribution in [3.8, 4) is 131 Å². The lowest BCUT2D eigenvalue weighted by molar-refractivity contribution is 0.663. The van der Waals surface area contributed by atoms with Gasteiger partial charge in [-0.15, -0.1) is 0 Å². The smallest absolute Gasteiger partial charge is 0.235 e. The van der Waals surface area contributed by atoms with Crippen molar-refractivity contribution in [2.24, 2.45) is 0 Å². The average molecular weight is 1870 g/mol. The lowest BCUT2D eigenvalue weighted by atomic mass is 10.0. The second-order valence-corrected chi connectivity index (χ2v) is 36.1. The molecule has 0 saturated heterocycles. The van der Waals surface area contributed by atoms with E-state index in [9.17, 15) is 0 Å². The number of hydrogen-bond acceptors (Lipinski definition) is 15. The molecule has 0 bridgehead atoms. The Morgan fingerprint density at radius 3 is 0.959 bits per heavy atom. The zero-order valence-corrected chi connectivity index (χ0v) is 77.9. The van der Waals surface area contributed by atoms with Gasteiger partial charge in [0, 0.05) is 105 Å². The molecule has 18 heteroatoms. The van der Waals surface area contributed by atoms with Gasteiger partial charge in [-0.2, -0.15) is 0 Å². The van der Waals surface area contributed by atoms with Crippen LogP contribution in [-0.2, 0) is 0 Å². The fraction of sp³-hybridized carbons (Fsp3) is 0. The van der Waals surface area contributed by atoms with Gasteiger partial charge in [0.1, 0.15) is 39.3 Å². The molecule has 11 heterocycles. The minimum absolute atomic E-state index is 0.572. The van der Waals surface area contributed by atoms with Crippen molar-refractivity contribution in [2.75, 3.05) is 0 Å².